The van der Waals surface area contributed by atoms with Crippen LogP contribution in [0, 0.1) is 6.92 Å². The fourth-order valence-electron chi connectivity index (χ4n) is 2.75. The molecule has 0 bridgehead atoms. The van der Waals surface area contributed by atoms with Crippen molar-refractivity contribution < 1.29 is 33.6 Å². The highest BCUT2D eigenvalue weighted by atomic mass is 31.2. The summed E-state index contributed by atoms with van der Waals surface area (Å²) in [7, 11) is -4.52. The molecule has 4 atom stereocenters. The fourth-order valence-corrected chi connectivity index (χ4v) is 3.53. The predicted molar refractivity (Wildman–Crippen MR) is 98.9 cm³/mol. The largest absolute Gasteiger partial charge is 0.527 e. The van der Waals surface area contributed by atoms with Crippen LogP contribution in [0.4, 0.5) is 5.69 Å². The second-order valence-electron chi connectivity index (χ2n) is 6.40. The number of anilines is 1. The molecule has 1 aliphatic rings. The molecular weight excluding hydrogens is 409 g/mol. The van der Waals surface area contributed by atoms with Crippen LogP contribution in [0.2, 0.25) is 0 Å². The third-order valence-electron chi connectivity index (χ3n) is 4.27. The molecule has 0 spiro atoms. The Morgan fingerprint density at radius 2 is 2.03 bits per heavy atom. The molecule has 0 amide bonds. The minimum absolute atomic E-state index is 0.0195. The number of rotatable bonds is 7. The smallest absolute Gasteiger partial charge is 0.404 e. The lowest BCUT2D eigenvalue weighted by Crippen LogP contribution is -2.33. The molecule has 1 unspecified atom stereocenters. The van der Waals surface area contributed by atoms with Crippen molar-refractivity contribution in [1.82, 2.24) is 9.55 Å². The maximum absolute atomic E-state index is 12.1. The molecule has 2 aromatic rings. The molecule has 12 nitrogen and oxygen atoms in total. The second kappa shape index (κ2) is 8.49. The summed E-state index contributed by atoms with van der Waals surface area (Å²) in [6, 6.07) is 5.50. The van der Waals surface area contributed by atoms with Crippen LogP contribution in [-0.2, 0) is 13.8 Å². The third kappa shape index (κ3) is 5.12. The zero-order chi connectivity index (χ0) is 21.2. The van der Waals surface area contributed by atoms with Gasteiger partial charge in [0.05, 0.1) is 18.4 Å². The topological polar surface area (TPSA) is 172 Å². The average molecular weight is 429 g/mol. The maximum atomic E-state index is 12.1. The zero-order valence-corrected chi connectivity index (χ0v) is 16.1. The van der Waals surface area contributed by atoms with Crippen LogP contribution in [0.1, 0.15) is 18.2 Å². The summed E-state index contributed by atoms with van der Waals surface area (Å²) in [5.74, 6) is 0.0240. The van der Waals surface area contributed by atoms with Crippen molar-refractivity contribution in [3.8, 4) is 5.75 Å². The van der Waals surface area contributed by atoms with Gasteiger partial charge in [-0.1, -0.05) is 0 Å². The Morgan fingerprint density at radius 1 is 1.34 bits per heavy atom. The van der Waals surface area contributed by atoms with Crippen molar-refractivity contribution >= 4 is 13.5 Å². The number of nitrogens with zero attached hydrogens (tertiary/aromatic N) is 1. The third-order valence-corrected chi connectivity index (χ3v) is 5.18. The molecule has 0 saturated carbocycles. The standard InChI is InChI=1S/C16H20N3O9P/c1-9-7-19(16(22)17-15(9)21)14-6-12(20)13(27-14)8-26-29(24,25)28-11-4-2-10(18-23)3-5-11/h2-5,7,12-14,18,20,23H,6,8H2,1H3,(H,24,25)(H,17,21,22)/t12-,13+,14+/m0/s1. The van der Waals surface area contributed by atoms with Crippen LogP contribution < -0.4 is 21.3 Å². The lowest BCUT2D eigenvalue weighted by Gasteiger charge is -2.18. The summed E-state index contributed by atoms with van der Waals surface area (Å²) in [6.07, 6.45) is -1.62. The summed E-state index contributed by atoms with van der Waals surface area (Å²) in [6.45, 7) is 1.04. The van der Waals surface area contributed by atoms with Crippen LogP contribution in [0.5, 0.6) is 5.75 Å². The van der Waals surface area contributed by atoms with E-state index in [-0.39, 0.29) is 17.7 Å². The van der Waals surface area contributed by atoms with E-state index in [0.717, 1.165) is 4.57 Å². The van der Waals surface area contributed by atoms with Crippen LogP contribution >= 0.6 is 7.82 Å². The first kappa shape index (κ1) is 21.2. The number of ether oxygens (including phenoxy) is 1. The van der Waals surface area contributed by atoms with Crippen molar-refractivity contribution in [2.75, 3.05) is 12.1 Å². The number of nitrogens with one attached hydrogen (secondary N) is 2. The van der Waals surface area contributed by atoms with E-state index in [1.165, 1.54) is 37.4 Å². The highest BCUT2D eigenvalue weighted by molar-refractivity contribution is 7.47. The van der Waals surface area contributed by atoms with Gasteiger partial charge >= 0.3 is 13.5 Å². The lowest BCUT2D eigenvalue weighted by atomic mass is 10.2. The van der Waals surface area contributed by atoms with Gasteiger partial charge in [0.2, 0.25) is 0 Å². The molecule has 1 aromatic heterocycles. The number of H-pyrrole nitrogens is 1. The first-order valence-electron chi connectivity index (χ1n) is 8.51. The normalized spacial score (nSPS) is 23.5. The van der Waals surface area contributed by atoms with Crippen LogP contribution in [0.15, 0.2) is 40.1 Å². The second-order valence-corrected chi connectivity index (χ2v) is 7.78. The van der Waals surface area contributed by atoms with Gasteiger partial charge in [-0.2, -0.15) is 0 Å². The summed E-state index contributed by atoms with van der Waals surface area (Å²) in [4.78, 5) is 35.4. The number of benzene rings is 1. The molecule has 1 aromatic carbocycles. The quantitative estimate of drug-likeness (QED) is 0.308. The van der Waals surface area contributed by atoms with Crippen LogP contribution in [-0.4, -0.2) is 43.6 Å². The Bertz CT molecular complexity index is 1020. The molecule has 3 rings (SSSR count). The van der Waals surface area contributed by atoms with E-state index in [1.54, 1.807) is 0 Å². The Hall–Kier alpha value is -2.47. The number of aromatic amines is 1. The van der Waals surface area contributed by atoms with Gasteiger partial charge in [0.15, 0.2) is 0 Å². The minimum Gasteiger partial charge on any atom is -0.404 e. The molecule has 0 aliphatic carbocycles. The Balaban J connectivity index is 1.61. The summed E-state index contributed by atoms with van der Waals surface area (Å²) in [5.41, 5.74) is 1.33. The van der Waals surface area contributed by atoms with Crippen molar-refractivity contribution in [3.05, 3.63) is 56.9 Å². The van der Waals surface area contributed by atoms with E-state index in [1.807, 2.05) is 5.48 Å². The zero-order valence-electron chi connectivity index (χ0n) is 15.2. The SMILES string of the molecule is Cc1cn([C@H]2C[C@H](O)[C@@H](COP(=O)(O)Oc3ccc(NO)cc3)O2)c(=O)[nH]c1=O. The molecule has 13 heteroatoms. The Labute approximate surface area is 163 Å². The number of hydrogen-bond acceptors (Lipinski definition) is 9. The molecule has 2 heterocycles. The monoisotopic (exact) mass is 429 g/mol. The van der Waals surface area contributed by atoms with Crippen molar-refractivity contribution in [2.24, 2.45) is 0 Å². The molecule has 5 N–H and O–H groups in total. The summed E-state index contributed by atoms with van der Waals surface area (Å²) in [5, 5.41) is 18.9. The van der Waals surface area contributed by atoms with E-state index < -0.39 is 44.1 Å². The number of aliphatic hydroxyl groups is 1. The molecule has 158 valence electrons. The number of aliphatic hydroxyl groups excluding tert-OH is 1. The van der Waals surface area contributed by atoms with E-state index in [9.17, 15) is 24.2 Å². The number of aryl methyl sites for hydroxylation is 1. The van der Waals surface area contributed by atoms with Crippen molar-refractivity contribution in [1.29, 1.82) is 0 Å². The van der Waals surface area contributed by atoms with E-state index >= 15 is 0 Å². The van der Waals surface area contributed by atoms with E-state index in [0.29, 0.717) is 5.69 Å². The number of aromatic nitrogens is 2. The van der Waals surface area contributed by atoms with E-state index in [4.69, 9.17) is 19.0 Å². The predicted octanol–water partition coefficient (Wildman–Crippen LogP) is 0.491. The van der Waals surface area contributed by atoms with E-state index in [2.05, 4.69) is 4.98 Å². The molecule has 29 heavy (non-hydrogen) atoms. The molecule has 0 radical (unpaired) electrons. The highest BCUT2D eigenvalue weighted by Crippen LogP contribution is 2.45. The summed E-state index contributed by atoms with van der Waals surface area (Å²) < 4.78 is 28.6. The number of phosphoric ester groups is 1. The first-order chi connectivity index (χ1) is 13.7. The minimum atomic E-state index is -4.52. The highest BCUT2D eigenvalue weighted by Gasteiger charge is 2.38. The van der Waals surface area contributed by atoms with Gasteiger partial charge in [-0.05, 0) is 31.2 Å². The molecule has 1 saturated heterocycles. The van der Waals surface area contributed by atoms with Gasteiger partial charge in [-0.25, -0.2) is 9.36 Å². The van der Waals surface area contributed by atoms with Gasteiger partial charge < -0.3 is 14.4 Å². The lowest BCUT2D eigenvalue weighted by molar-refractivity contribution is -0.0447. The fraction of sp³-hybridized carbons (Fsp3) is 0.375. The molecule has 1 fully saturated rings. The molecular formula is C16H20N3O9P. The van der Waals surface area contributed by atoms with Gasteiger partial charge in [0.25, 0.3) is 5.56 Å². The Morgan fingerprint density at radius 3 is 2.69 bits per heavy atom. The van der Waals surface area contributed by atoms with Gasteiger partial charge in [0.1, 0.15) is 18.1 Å². The first-order valence-corrected chi connectivity index (χ1v) is 10.0. The van der Waals surface area contributed by atoms with Crippen molar-refractivity contribution in [3.63, 3.8) is 0 Å². The molecule has 1 aliphatic heterocycles. The van der Waals surface area contributed by atoms with Crippen LogP contribution in [0.25, 0.3) is 0 Å². The Kier molecular flexibility index (Phi) is 6.22. The maximum Gasteiger partial charge on any atom is 0.527 e. The summed E-state index contributed by atoms with van der Waals surface area (Å²) >= 11 is 0. The van der Waals surface area contributed by atoms with Gasteiger partial charge in [-0.15, -0.1) is 0 Å². The average Bonchev–Trinajstić information content (AvgIpc) is 3.04. The number of phosphoric acid groups is 1. The van der Waals surface area contributed by atoms with Gasteiger partial charge in [0, 0.05) is 18.2 Å². The van der Waals surface area contributed by atoms with Gasteiger partial charge in [-0.3, -0.25) is 34.5 Å². The van der Waals surface area contributed by atoms with Crippen molar-refractivity contribution in [2.45, 2.75) is 31.8 Å². The van der Waals surface area contributed by atoms with Crippen LogP contribution in [0.3, 0.4) is 0 Å². The number of hydrogen-bond donors (Lipinski definition) is 5.